The Kier molecular flexibility index (Phi) is 11.0. The minimum absolute atomic E-state index is 0.645. The van der Waals surface area contributed by atoms with Gasteiger partial charge in [0.2, 0.25) is 0 Å². The van der Waals surface area contributed by atoms with Crippen LogP contribution in [0.5, 0.6) is 17.2 Å². The molecule has 0 amide bonds. The molecule has 4 heteroatoms. The number of rotatable bonds is 15. The van der Waals surface area contributed by atoms with Crippen molar-refractivity contribution in [3.8, 4) is 17.2 Å². The molecule has 194 valence electrons. The predicted molar refractivity (Wildman–Crippen MR) is 152 cm³/mol. The van der Waals surface area contributed by atoms with Crippen LogP contribution >= 0.6 is 0 Å². The van der Waals surface area contributed by atoms with Gasteiger partial charge in [-0.2, -0.15) is 0 Å². The highest BCUT2D eigenvalue weighted by Gasteiger charge is 2.24. The van der Waals surface area contributed by atoms with Crippen molar-refractivity contribution in [2.45, 2.75) is 73.1 Å². The Morgan fingerprint density at radius 2 is 0.944 bits per heavy atom. The summed E-state index contributed by atoms with van der Waals surface area (Å²) in [5.74, 6) is 2.35. The Morgan fingerprint density at radius 3 is 1.33 bits per heavy atom. The van der Waals surface area contributed by atoms with Crippen molar-refractivity contribution in [1.29, 1.82) is 0 Å². The molecule has 3 aromatic carbocycles. The molecule has 0 aromatic heterocycles. The molecule has 0 spiro atoms. The first-order valence-corrected chi connectivity index (χ1v) is 13.6. The van der Waals surface area contributed by atoms with E-state index in [1.54, 1.807) is 0 Å². The Bertz CT molecular complexity index is 967. The van der Waals surface area contributed by atoms with Gasteiger partial charge in [-0.25, -0.2) is 0 Å². The van der Waals surface area contributed by atoms with Crippen LogP contribution in [0, 0.1) is 13.8 Å². The zero-order valence-corrected chi connectivity index (χ0v) is 22.8. The van der Waals surface area contributed by atoms with Crippen LogP contribution in [0.4, 0.5) is 17.1 Å². The summed E-state index contributed by atoms with van der Waals surface area (Å²) in [6.07, 6.45) is 6.22. The van der Waals surface area contributed by atoms with Crippen molar-refractivity contribution in [2.24, 2.45) is 0 Å². The Balaban J connectivity index is 2.19. The lowest BCUT2D eigenvalue weighted by Gasteiger charge is -2.30. The van der Waals surface area contributed by atoms with Gasteiger partial charge in [-0.3, -0.25) is 0 Å². The van der Waals surface area contributed by atoms with Crippen LogP contribution in [0.25, 0.3) is 0 Å². The SMILES string of the molecule is CCCCOc1cc(OCCCC)c(N(c2ccc(C)cc2)c2ccc(C)cc2)c(OCCCC)c1. The van der Waals surface area contributed by atoms with Gasteiger partial charge in [-0.1, -0.05) is 75.4 Å². The van der Waals surface area contributed by atoms with E-state index >= 15 is 0 Å². The Labute approximate surface area is 218 Å². The fourth-order valence-corrected chi connectivity index (χ4v) is 3.86. The summed E-state index contributed by atoms with van der Waals surface area (Å²) in [4.78, 5) is 2.25. The largest absolute Gasteiger partial charge is 0.493 e. The first kappa shape index (κ1) is 27.4. The van der Waals surface area contributed by atoms with Crippen LogP contribution < -0.4 is 19.1 Å². The molecule has 0 saturated heterocycles. The average molecular weight is 490 g/mol. The highest BCUT2D eigenvalue weighted by atomic mass is 16.5. The predicted octanol–water partition coefficient (Wildman–Crippen LogP) is 9.31. The van der Waals surface area contributed by atoms with Gasteiger partial charge in [0.05, 0.1) is 19.8 Å². The van der Waals surface area contributed by atoms with Gasteiger partial charge in [0.25, 0.3) is 0 Å². The Morgan fingerprint density at radius 1 is 0.556 bits per heavy atom. The van der Waals surface area contributed by atoms with Gasteiger partial charge >= 0.3 is 0 Å². The number of hydrogen-bond donors (Lipinski definition) is 0. The van der Waals surface area contributed by atoms with Crippen LogP contribution in [0.15, 0.2) is 60.7 Å². The lowest BCUT2D eigenvalue weighted by molar-refractivity contribution is 0.281. The summed E-state index contributed by atoms with van der Waals surface area (Å²) < 4.78 is 19.0. The normalized spacial score (nSPS) is 10.8. The molecule has 3 rings (SSSR count). The summed E-state index contributed by atoms with van der Waals surface area (Å²) >= 11 is 0. The number of anilines is 3. The van der Waals surface area contributed by atoms with Gasteiger partial charge in [-0.15, -0.1) is 0 Å². The zero-order chi connectivity index (χ0) is 25.8. The molecular formula is C32H43NO3. The van der Waals surface area contributed by atoms with Crippen molar-refractivity contribution in [2.75, 3.05) is 24.7 Å². The lowest BCUT2D eigenvalue weighted by Crippen LogP contribution is -2.15. The van der Waals surface area contributed by atoms with Crippen molar-refractivity contribution in [3.63, 3.8) is 0 Å². The maximum absolute atomic E-state index is 6.44. The minimum atomic E-state index is 0.645. The number of unbranched alkanes of at least 4 members (excludes halogenated alkanes) is 3. The summed E-state index contributed by atoms with van der Waals surface area (Å²) in [5, 5.41) is 0. The molecule has 0 aliphatic heterocycles. The quantitative estimate of drug-likeness (QED) is 0.199. The first-order chi connectivity index (χ1) is 17.6. The molecular weight excluding hydrogens is 446 g/mol. The molecule has 0 aliphatic rings. The van der Waals surface area contributed by atoms with E-state index in [4.69, 9.17) is 14.2 Å². The molecule has 0 aliphatic carbocycles. The van der Waals surface area contributed by atoms with Crippen LogP contribution in [-0.4, -0.2) is 19.8 Å². The maximum Gasteiger partial charge on any atom is 0.150 e. The van der Waals surface area contributed by atoms with Crippen molar-refractivity contribution < 1.29 is 14.2 Å². The molecule has 0 fully saturated rings. The first-order valence-electron chi connectivity index (χ1n) is 13.6. The van der Waals surface area contributed by atoms with Gasteiger partial charge in [-0.05, 0) is 57.4 Å². The fraction of sp³-hybridized carbons (Fsp3) is 0.438. The minimum Gasteiger partial charge on any atom is -0.493 e. The van der Waals surface area contributed by atoms with E-state index < -0.39 is 0 Å². The van der Waals surface area contributed by atoms with E-state index in [1.165, 1.54) is 11.1 Å². The van der Waals surface area contributed by atoms with Crippen molar-refractivity contribution in [3.05, 3.63) is 71.8 Å². The smallest absolute Gasteiger partial charge is 0.150 e. The number of hydrogen-bond acceptors (Lipinski definition) is 4. The highest BCUT2D eigenvalue weighted by molar-refractivity contribution is 5.85. The summed E-state index contributed by atoms with van der Waals surface area (Å²) in [5.41, 5.74) is 5.48. The van der Waals surface area contributed by atoms with Gasteiger partial charge in [0.15, 0.2) is 11.5 Å². The van der Waals surface area contributed by atoms with Crippen molar-refractivity contribution in [1.82, 2.24) is 0 Å². The molecule has 0 bridgehead atoms. The fourth-order valence-electron chi connectivity index (χ4n) is 3.86. The highest BCUT2D eigenvalue weighted by Crippen LogP contribution is 2.48. The van der Waals surface area contributed by atoms with Crippen LogP contribution in [0.1, 0.15) is 70.4 Å². The number of ether oxygens (including phenoxy) is 3. The van der Waals surface area contributed by atoms with Gasteiger partial charge in [0.1, 0.15) is 11.4 Å². The summed E-state index contributed by atoms with van der Waals surface area (Å²) in [6, 6.07) is 21.3. The summed E-state index contributed by atoms with van der Waals surface area (Å²) in [6.45, 7) is 12.7. The van der Waals surface area contributed by atoms with E-state index in [0.717, 1.165) is 72.8 Å². The molecule has 0 saturated carbocycles. The molecule has 0 atom stereocenters. The van der Waals surface area contributed by atoms with Crippen LogP contribution in [0.2, 0.25) is 0 Å². The number of benzene rings is 3. The van der Waals surface area contributed by atoms with Gasteiger partial charge in [0, 0.05) is 23.5 Å². The second-order valence-electron chi connectivity index (χ2n) is 9.38. The zero-order valence-electron chi connectivity index (χ0n) is 22.8. The third kappa shape index (κ3) is 7.68. The van der Waals surface area contributed by atoms with E-state index in [1.807, 2.05) is 12.1 Å². The van der Waals surface area contributed by atoms with Crippen LogP contribution in [-0.2, 0) is 0 Å². The molecule has 0 unspecified atom stereocenters. The van der Waals surface area contributed by atoms with E-state index in [0.29, 0.717) is 19.8 Å². The monoisotopic (exact) mass is 489 g/mol. The molecule has 0 heterocycles. The van der Waals surface area contributed by atoms with Gasteiger partial charge < -0.3 is 19.1 Å². The second-order valence-corrected chi connectivity index (χ2v) is 9.38. The topological polar surface area (TPSA) is 30.9 Å². The van der Waals surface area contributed by atoms with E-state index in [2.05, 4.69) is 88.0 Å². The second kappa shape index (κ2) is 14.4. The maximum atomic E-state index is 6.44. The Hall–Kier alpha value is -3.14. The third-order valence-corrected chi connectivity index (χ3v) is 6.10. The number of aryl methyl sites for hydroxylation is 2. The molecule has 36 heavy (non-hydrogen) atoms. The molecule has 3 aromatic rings. The summed E-state index contributed by atoms with van der Waals surface area (Å²) in [7, 11) is 0. The van der Waals surface area contributed by atoms with E-state index in [9.17, 15) is 0 Å². The molecule has 0 radical (unpaired) electrons. The molecule has 0 N–H and O–H groups in total. The van der Waals surface area contributed by atoms with Crippen molar-refractivity contribution >= 4 is 17.1 Å². The van der Waals surface area contributed by atoms with Crippen LogP contribution in [0.3, 0.4) is 0 Å². The third-order valence-electron chi connectivity index (χ3n) is 6.10. The standard InChI is InChI=1S/C32H43NO3/c1-6-9-20-34-29-23-30(35-21-10-7-2)32(31(24-29)36-22-11-8-3)33(27-16-12-25(4)13-17-27)28-18-14-26(5)15-19-28/h12-19,23-24H,6-11,20-22H2,1-5H3. The number of nitrogens with zero attached hydrogens (tertiary/aromatic N) is 1. The van der Waals surface area contributed by atoms with E-state index in [-0.39, 0.29) is 0 Å². The lowest BCUT2D eigenvalue weighted by atomic mass is 10.1. The average Bonchev–Trinajstić information content (AvgIpc) is 2.88. The molecule has 4 nitrogen and oxygen atoms in total.